The largest absolute Gasteiger partial charge is 0.497 e. The summed E-state index contributed by atoms with van der Waals surface area (Å²) in [5.41, 5.74) is 3.86. The lowest BCUT2D eigenvalue weighted by Gasteiger charge is -2.05. The maximum atomic E-state index is 12.1. The summed E-state index contributed by atoms with van der Waals surface area (Å²) in [7, 11) is 1.54. The number of nitrogens with one attached hydrogen (secondary N) is 2. The molecular weight excluding hydrogens is 490 g/mol. The summed E-state index contributed by atoms with van der Waals surface area (Å²) < 4.78 is 11.2. The molecule has 0 saturated heterocycles. The standard InChI is InChI=1S/C24H20BrN3O5/c1-32-20-12-6-17(7-13-20)23(30)26-15-22(29)28-27-14-16-2-10-21(11-3-16)33-24(31)18-4-8-19(25)9-5-18/h2-14H,15H2,1H3,(H,26,30)(H,28,29). The van der Waals surface area contributed by atoms with Gasteiger partial charge in [0.25, 0.3) is 11.8 Å². The van der Waals surface area contributed by atoms with Crippen LogP contribution in [0.15, 0.2) is 82.4 Å². The Bertz CT molecular complexity index is 1140. The highest BCUT2D eigenvalue weighted by Gasteiger charge is 2.09. The molecule has 3 aromatic rings. The number of amides is 2. The Labute approximate surface area is 198 Å². The monoisotopic (exact) mass is 509 g/mol. The van der Waals surface area contributed by atoms with Crippen molar-refractivity contribution in [1.29, 1.82) is 0 Å². The van der Waals surface area contributed by atoms with E-state index in [-0.39, 0.29) is 12.5 Å². The summed E-state index contributed by atoms with van der Waals surface area (Å²) in [6.45, 7) is -0.229. The zero-order valence-corrected chi connectivity index (χ0v) is 19.2. The van der Waals surface area contributed by atoms with Crippen LogP contribution in [0.4, 0.5) is 0 Å². The van der Waals surface area contributed by atoms with Crippen LogP contribution in [0.25, 0.3) is 0 Å². The first-order valence-electron chi connectivity index (χ1n) is 9.76. The molecule has 0 saturated carbocycles. The fourth-order valence-corrected chi connectivity index (χ4v) is 2.86. The highest BCUT2D eigenvalue weighted by Crippen LogP contribution is 2.16. The van der Waals surface area contributed by atoms with Gasteiger partial charge in [0.2, 0.25) is 0 Å². The summed E-state index contributed by atoms with van der Waals surface area (Å²) in [5, 5.41) is 6.37. The number of carbonyl (C=O) groups excluding carboxylic acids is 3. The molecule has 0 unspecified atom stereocenters. The van der Waals surface area contributed by atoms with Crippen LogP contribution >= 0.6 is 15.9 Å². The molecule has 3 rings (SSSR count). The first-order valence-corrected chi connectivity index (χ1v) is 10.6. The topological polar surface area (TPSA) is 106 Å². The number of halogens is 1. The molecule has 0 aliphatic rings. The molecule has 9 heteroatoms. The van der Waals surface area contributed by atoms with E-state index in [4.69, 9.17) is 9.47 Å². The van der Waals surface area contributed by atoms with Crippen molar-refractivity contribution in [3.8, 4) is 11.5 Å². The molecule has 0 aromatic heterocycles. The van der Waals surface area contributed by atoms with E-state index in [1.165, 1.54) is 13.3 Å². The minimum absolute atomic E-state index is 0.229. The lowest BCUT2D eigenvalue weighted by molar-refractivity contribution is -0.120. The Morgan fingerprint density at radius 2 is 1.48 bits per heavy atom. The van der Waals surface area contributed by atoms with Gasteiger partial charge in [0.15, 0.2) is 0 Å². The van der Waals surface area contributed by atoms with Crippen LogP contribution in [-0.2, 0) is 4.79 Å². The lowest BCUT2D eigenvalue weighted by Crippen LogP contribution is -2.34. The summed E-state index contributed by atoms with van der Waals surface area (Å²) in [4.78, 5) is 36.1. The van der Waals surface area contributed by atoms with Gasteiger partial charge in [-0.05, 0) is 78.4 Å². The number of hydrogen-bond donors (Lipinski definition) is 2. The van der Waals surface area contributed by atoms with Gasteiger partial charge < -0.3 is 14.8 Å². The van der Waals surface area contributed by atoms with Gasteiger partial charge in [-0.3, -0.25) is 9.59 Å². The third-order valence-corrected chi connectivity index (χ3v) is 4.86. The molecule has 2 amide bonds. The molecule has 0 atom stereocenters. The third kappa shape index (κ3) is 7.29. The molecule has 3 aromatic carbocycles. The van der Waals surface area contributed by atoms with E-state index < -0.39 is 11.9 Å². The highest BCUT2D eigenvalue weighted by molar-refractivity contribution is 9.10. The van der Waals surface area contributed by atoms with Crippen LogP contribution in [0.3, 0.4) is 0 Å². The van der Waals surface area contributed by atoms with Gasteiger partial charge in [0.05, 0.1) is 25.4 Å². The Balaban J connectivity index is 1.43. The Morgan fingerprint density at radius 1 is 0.879 bits per heavy atom. The summed E-state index contributed by atoms with van der Waals surface area (Å²) >= 11 is 3.31. The number of rotatable bonds is 8. The minimum atomic E-state index is -0.479. The van der Waals surface area contributed by atoms with Crippen LogP contribution in [0.2, 0.25) is 0 Å². The SMILES string of the molecule is COc1ccc(C(=O)NCC(=O)NN=Cc2ccc(OC(=O)c3ccc(Br)cc3)cc2)cc1. The van der Waals surface area contributed by atoms with Crippen molar-refractivity contribution in [3.05, 3.63) is 94.0 Å². The zero-order valence-electron chi connectivity index (χ0n) is 17.6. The number of esters is 1. The first-order chi connectivity index (χ1) is 15.9. The van der Waals surface area contributed by atoms with Crippen molar-refractivity contribution < 1.29 is 23.9 Å². The molecule has 0 aliphatic carbocycles. The van der Waals surface area contributed by atoms with Crippen LogP contribution in [0.1, 0.15) is 26.3 Å². The van der Waals surface area contributed by atoms with Crippen molar-refractivity contribution in [2.75, 3.05) is 13.7 Å². The fourth-order valence-electron chi connectivity index (χ4n) is 2.60. The number of ether oxygens (including phenoxy) is 2. The van der Waals surface area contributed by atoms with Crippen LogP contribution in [-0.4, -0.2) is 37.7 Å². The molecule has 33 heavy (non-hydrogen) atoms. The molecule has 0 heterocycles. The van der Waals surface area contributed by atoms with Crippen molar-refractivity contribution in [3.63, 3.8) is 0 Å². The van der Waals surface area contributed by atoms with Crippen molar-refractivity contribution in [2.45, 2.75) is 0 Å². The summed E-state index contributed by atoms with van der Waals surface area (Å²) in [6, 6.07) is 20.0. The number of carbonyl (C=O) groups is 3. The predicted molar refractivity (Wildman–Crippen MR) is 127 cm³/mol. The molecule has 0 fully saturated rings. The molecule has 0 radical (unpaired) electrons. The number of hydrazone groups is 1. The smallest absolute Gasteiger partial charge is 0.343 e. The second kappa shape index (κ2) is 11.6. The number of methoxy groups -OCH3 is 1. The van der Waals surface area contributed by atoms with E-state index in [1.54, 1.807) is 72.8 Å². The summed E-state index contributed by atoms with van der Waals surface area (Å²) in [5.74, 6) is -0.314. The highest BCUT2D eigenvalue weighted by atomic mass is 79.9. The van der Waals surface area contributed by atoms with E-state index in [9.17, 15) is 14.4 Å². The molecule has 8 nitrogen and oxygen atoms in total. The molecule has 2 N–H and O–H groups in total. The van der Waals surface area contributed by atoms with Crippen molar-refractivity contribution in [1.82, 2.24) is 10.7 Å². The van der Waals surface area contributed by atoms with Gasteiger partial charge in [0.1, 0.15) is 11.5 Å². The lowest BCUT2D eigenvalue weighted by atomic mass is 10.2. The number of nitrogens with zero attached hydrogens (tertiary/aromatic N) is 1. The average molecular weight is 510 g/mol. The van der Waals surface area contributed by atoms with E-state index in [1.807, 2.05) is 0 Å². The van der Waals surface area contributed by atoms with Crippen molar-refractivity contribution >= 4 is 39.9 Å². The second-order valence-corrected chi connectivity index (χ2v) is 7.59. The van der Waals surface area contributed by atoms with E-state index in [2.05, 4.69) is 31.8 Å². The van der Waals surface area contributed by atoms with Gasteiger partial charge in [-0.15, -0.1) is 0 Å². The Kier molecular flexibility index (Phi) is 8.31. The van der Waals surface area contributed by atoms with Gasteiger partial charge in [-0.1, -0.05) is 15.9 Å². The van der Waals surface area contributed by atoms with Gasteiger partial charge in [0, 0.05) is 10.0 Å². The van der Waals surface area contributed by atoms with Gasteiger partial charge in [-0.25, -0.2) is 10.2 Å². The van der Waals surface area contributed by atoms with Gasteiger partial charge in [-0.2, -0.15) is 5.10 Å². The maximum Gasteiger partial charge on any atom is 0.343 e. The first kappa shape index (κ1) is 23.7. The van der Waals surface area contributed by atoms with Crippen LogP contribution < -0.4 is 20.2 Å². The zero-order chi connectivity index (χ0) is 23.6. The Hall–Kier alpha value is -3.98. The quantitative estimate of drug-likeness (QED) is 0.209. The molecule has 0 aliphatic heterocycles. The van der Waals surface area contributed by atoms with Crippen LogP contribution in [0, 0.1) is 0 Å². The van der Waals surface area contributed by atoms with E-state index in [0.29, 0.717) is 28.2 Å². The number of hydrogen-bond acceptors (Lipinski definition) is 6. The average Bonchev–Trinajstić information content (AvgIpc) is 2.84. The Morgan fingerprint density at radius 3 is 2.12 bits per heavy atom. The molecule has 168 valence electrons. The second-order valence-electron chi connectivity index (χ2n) is 6.67. The minimum Gasteiger partial charge on any atom is -0.497 e. The normalized spacial score (nSPS) is 10.5. The number of benzene rings is 3. The molecular formula is C24H20BrN3O5. The molecule has 0 bridgehead atoms. The molecule has 0 spiro atoms. The van der Waals surface area contributed by atoms with E-state index in [0.717, 1.165) is 4.47 Å². The third-order valence-electron chi connectivity index (χ3n) is 4.34. The van der Waals surface area contributed by atoms with E-state index >= 15 is 0 Å². The van der Waals surface area contributed by atoms with Crippen molar-refractivity contribution in [2.24, 2.45) is 5.10 Å². The fraction of sp³-hybridized carbons (Fsp3) is 0.0833. The predicted octanol–water partition coefficient (Wildman–Crippen LogP) is 3.56. The van der Waals surface area contributed by atoms with Crippen LogP contribution in [0.5, 0.6) is 11.5 Å². The maximum absolute atomic E-state index is 12.1. The summed E-state index contributed by atoms with van der Waals surface area (Å²) in [6.07, 6.45) is 1.43. The van der Waals surface area contributed by atoms with Gasteiger partial charge >= 0.3 is 5.97 Å².